The van der Waals surface area contributed by atoms with Gasteiger partial charge in [0.2, 0.25) is 5.78 Å². The quantitative estimate of drug-likeness (QED) is 0.485. The number of benzene rings is 1. The summed E-state index contributed by atoms with van der Waals surface area (Å²) in [6, 6.07) is 15.0. The Balaban J connectivity index is 1.81. The van der Waals surface area contributed by atoms with Gasteiger partial charge in [0.25, 0.3) is 0 Å². The summed E-state index contributed by atoms with van der Waals surface area (Å²) in [6.45, 7) is 0. The summed E-state index contributed by atoms with van der Waals surface area (Å²) in [4.78, 5) is 19.3. The van der Waals surface area contributed by atoms with Crippen LogP contribution in [-0.2, 0) is 0 Å². The van der Waals surface area contributed by atoms with Crippen LogP contribution in [0, 0.1) is 0 Å². The number of hydrogen-bond acceptors (Lipinski definition) is 5. The van der Waals surface area contributed by atoms with Crippen molar-refractivity contribution >= 4 is 56.0 Å². The molecular formula is C18H11ClN2OS2. The number of hydrogen-bond donors (Lipinski definition) is 1. The molecule has 3 heterocycles. The van der Waals surface area contributed by atoms with Gasteiger partial charge in [0.05, 0.1) is 16.3 Å². The van der Waals surface area contributed by atoms with Crippen LogP contribution in [0.3, 0.4) is 0 Å². The van der Waals surface area contributed by atoms with Crippen molar-refractivity contribution in [2.75, 3.05) is 5.73 Å². The lowest BCUT2D eigenvalue weighted by atomic mass is 10.1. The molecule has 0 aliphatic carbocycles. The Morgan fingerprint density at radius 1 is 1.08 bits per heavy atom. The second-order valence-corrected chi connectivity index (χ2v) is 7.59. The highest BCUT2D eigenvalue weighted by molar-refractivity contribution is 7.22. The number of ketones is 1. The van der Waals surface area contributed by atoms with E-state index in [0.717, 1.165) is 21.5 Å². The van der Waals surface area contributed by atoms with Crippen molar-refractivity contribution in [1.82, 2.24) is 4.98 Å². The molecule has 0 atom stereocenters. The van der Waals surface area contributed by atoms with Crippen LogP contribution >= 0.6 is 34.3 Å². The van der Waals surface area contributed by atoms with Gasteiger partial charge < -0.3 is 5.73 Å². The molecule has 0 fully saturated rings. The van der Waals surface area contributed by atoms with Crippen molar-refractivity contribution in [3.8, 4) is 11.3 Å². The monoisotopic (exact) mass is 370 g/mol. The molecule has 24 heavy (non-hydrogen) atoms. The molecule has 0 radical (unpaired) electrons. The number of pyridine rings is 1. The van der Waals surface area contributed by atoms with E-state index in [9.17, 15) is 4.79 Å². The Hall–Kier alpha value is -2.21. The van der Waals surface area contributed by atoms with Gasteiger partial charge in [-0.25, -0.2) is 4.98 Å². The summed E-state index contributed by atoms with van der Waals surface area (Å²) in [5.41, 5.74) is 8.50. The van der Waals surface area contributed by atoms with E-state index in [2.05, 4.69) is 4.98 Å². The predicted octanol–water partition coefficient (Wildman–Crippen LogP) is 5.49. The molecule has 4 rings (SSSR count). The predicted molar refractivity (Wildman–Crippen MR) is 102 cm³/mol. The maximum Gasteiger partial charge on any atom is 0.215 e. The van der Waals surface area contributed by atoms with Crippen molar-refractivity contribution in [3.63, 3.8) is 0 Å². The first-order valence-corrected chi connectivity index (χ1v) is 9.24. The van der Waals surface area contributed by atoms with Gasteiger partial charge in [0.1, 0.15) is 9.71 Å². The lowest BCUT2D eigenvalue weighted by Gasteiger charge is -2.01. The van der Waals surface area contributed by atoms with E-state index in [1.54, 1.807) is 0 Å². The van der Waals surface area contributed by atoms with Gasteiger partial charge in [-0.15, -0.1) is 22.7 Å². The molecule has 0 saturated carbocycles. The van der Waals surface area contributed by atoms with E-state index < -0.39 is 0 Å². The minimum Gasteiger partial charge on any atom is -0.397 e. The Labute approximate surface area is 151 Å². The zero-order valence-electron chi connectivity index (χ0n) is 12.3. The number of fused-ring (bicyclic) bond motifs is 1. The first kappa shape index (κ1) is 15.3. The van der Waals surface area contributed by atoms with Crippen LogP contribution in [0.1, 0.15) is 14.5 Å². The fourth-order valence-electron chi connectivity index (χ4n) is 2.47. The summed E-state index contributed by atoms with van der Waals surface area (Å²) >= 11 is 8.68. The van der Waals surface area contributed by atoms with Crippen LogP contribution in [0.15, 0.2) is 53.9 Å². The summed E-state index contributed by atoms with van der Waals surface area (Å²) in [6.07, 6.45) is 0. The number of nitrogen functional groups attached to an aromatic ring is 1. The normalized spacial score (nSPS) is 11.0. The molecule has 6 heteroatoms. The topological polar surface area (TPSA) is 56.0 Å². The fraction of sp³-hybridized carbons (Fsp3) is 0. The Morgan fingerprint density at radius 2 is 1.88 bits per heavy atom. The van der Waals surface area contributed by atoms with Crippen LogP contribution < -0.4 is 5.73 Å². The third kappa shape index (κ3) is 2.60. The molecule has 2 N–H and O–H groups in total. The van der Waals surface area contributed by atoms with Crippen molar-refractivity contribution in [1.29, 1.82) is 0 Å². The number of carbonyl (C=O) groups is 1. The van der Waals surface area contributed by atoms with Crippen molar-refractivity contribution < 1.29 is 4.79 Å². The number of aromatic nitrogens is 1. The van der Waals surface area contributed by atoms with Crippen molar-refractivity contribution in [2.24, 2.45) is 0 Å². The lowest BCUT2D eigenvalue weighted by molar-refractivity contribution is 0.104. The molecule has 0 spiro atoms. The zero-order valence-corrected chi connectivity index (χ0v) is 14.7. The van der Waals surface area contributed by atoms with Gasteiger partial charge in [-0.2, -0.15) is 0 Å². The minimum absolute atomic E-state index is 0.0430. The SMILES string of the molecule is Nc1c(C(=O)c2cccs2)sc2nc(-c3ccc(Cl)cc3)ccc12. The van der Waals surface area contributed by atoms with E-state index in [1.165, 1.54) is 22.7 Å². The second kappa shape index (κ2) is 6.02. The molecule has 0 amide bonds. The third-order valence-electron chi connectivity index (χ3n) is 3.68. The van der Waals surface area contributed by atoms with Gasteiger partial charge in [0, 0.05) is 16.0 Å². The summed E-state index contributed by atoms with van der Waals surface area (Å²) < 4.78 is 0. The van der Waals surface area contributed by atoms with Gasteiger partial charge in [-0.1, -0.05) is 29.8 Å². The Morgan fingerprint density at radius 3 is 2.58 bits per heavy atom. The maximum absolute atomic E-state index is 12.6. The minimum atomic E-state index is -0.0430. The van der Waals surface area contributed by atoms with Crippen LogP contribution in [-0.4, -0.2) is 10.8 Å². The largest absolute Gasteiger partial charge is 0.397 e. The number of nitrogens with zero attached hydrogens (tertiary/aromatic N) is 1. The highest BCUT2D eigenvalue weighted by Crippen LogP contribution is 2.36. The molecule has 0 unspecified atom stereocenters. The molecule has 0 bridgehead atoms. The van der Waals surface area contributed by atoms with E-state index in [0.29, 0.717) is 20.5 Å². The lowest BCUT2D eigenvalue weighted by Crippen LogP contribution is -1.99. The molecule has 3 aromatic heterocycles. The fourth-order valence-corrected chi connectivity index (χ4v) is 4.38. The van der Waals surface area contributed by atoms with Crippen LogP contribution in [0.5, 0.6) is 0 Å². The number of halogens is 1. The van der Waals surface area contributed by atoms with Crippen molar-refractivity contribution in [2.45, 2.75) is 0 Å². The number of carbonyl (C=O) groups excluding carboxylic acids is 1. The van der Waals surface area contributed by atoms with Crippen LogP contribution in [0.2, 0.25) is 5.02 Å². The Bertz CT molecular complexity index is 1040. The first-order chi connectivity index (χ1) is 11.6. The molecule has 0 aliphatic rings. The smallest absolute Gasteiger partial charge is 0.215 e. The second-order valence-electron chi connectivity index (χ2n) is 5.21. The van der Waals surface area contributed by atoms with Gasteiger partial charge in [0.15, 0.2) is 0 Å². The van der Waals surface area contributed by atoms with Crippen LogP contribution in [0.4, 0.5) is 5.69 Å². The van der Waals surface area contributed by atoms with Gasteiger partial charge in [-0.3, -0.25) is 4.79 Å². The summed E-state index contributed by atoms with van der Waals surface area (Å²) in [5, 5.41) is 3.38. The third-order valence-corrected chi connectivity index (χ3v) is 5.92. The zero-order chi connectivity index (χ0) is 16.7. The number of thiophene rings is 2. The molecule has 3 nitrogen and oxygen atoms in total. The van der Waals surface area contributed by atoms with E-state index >= 15 is 0 Å². The summed E-state index contributed by atoms with van der Waals surface area (Å²) in [5.74, 6) is -0.0430. The van der Waals surface area contributed by atoms with E-state index in [1.807, 2.05) is 53.9 Å². The molecular weight excluding hydrogens is 360 g/mol. The summed E-state index contributed by atoms with van der Waals surface area (Å²) in [7, 11) is 0. The number of rotatable bonds is 3. The molecule has 1 aromatic carbocycles. The molecule has 0 saturated heterocycles. The molecule has 4 aromatic rings. The standard InChI is InChI=1S/C18H11ClN2OS2/c19-11-5-3-10(4-6-11)13-8-7-12-15(20)17(24-18(12)21-13)16(22)14-2-1-9-23-14/h1-9H,20H2. The van der Waals surface area contributed by atoms with E-state index in [4.69, 9.17) is 17.3 Å². The average molecular weight is 371 g/mol. The van der Waals surface area contributed by atoms with Crippen LogP contribution in [0.25, 0.3) is 21.5 Å². The maximum atomic E-state index is 12.6. The Kier molecular flexibility index (Phi) is 3.84. The highest BCUT2D eigenvalue weighted by atomic mass is 35.5. The van der Waals surface area contributed by atoms with E-state index in [-0.39, 0.29) is 5.78 Å². The number of anilines is 1. The molecule has 0 aliphatic heterocycles. The van der Waals surface area contributed by atoms with Crippen molar-refractivity contribution in [3.05, 3.63) is 68.7 Å². The first-order valence-electron chi connectivity index (χ1n) is 7.16. The van der Waals surface area contributed by atoms with Gasteiger partial charge in [-0.05, 0) is 35.7 Å². The number of nitrogens with two attached hydrogens (primary N) is 1. The average Bonchev–Trinajstić information content (AvgIpc) is 3.23. The van der Waals surface area contributed by atoms with Gasteiger partial charge >= 0.3 is 0 Å². The molecule has 118 valence electrons. The highest BCUT2D eigenvalue weighted by Gasteiger charge is 2.19.